The van der Waals surface area contributed by atoms with E-state index in [-0.39, 0.29) is 24.7 Å². The average molecular weight is 579 g/mol. The van der Waals surface area contributed by atoms with Crippen molar-refractivity contribution < 1.29 is 29.4 Å². The van der Waals surface area contributed by atoms with E-state index in [1.165, 1.54) is 21.6 Å². The Morgan fingerprint density at radius 1 is 0.526 bits per heavy atom. The normalized spacial score (nSPS) is 12.6. The number of unbranched alkanes of at least 4 members (excludes halogenated alkanes) is 12. The number of rotatable bonds is 27. The first kappa shape index (κ1) is 36.5. The van der Waals surface area contributed by atoms with Gasteiger partial charge < -0.3 is 32.3 Å². The van der Waals surface area contributed by atoms with Crippen LogP contribution in [0.25, 0.3) is 0 Å². The van der Waals surface area contributed by atoms with Crippen LogP contribution in [-0.2, 0) is 19.2 Å². The molecule has 8 N–H and O–H groups in total. The molecule has 0 aromatic rings. The van der Waals surface area contributed by atoms with Gasteiger partial charge in [-0.15, -0.1) is 0 Å². The van der Waals surface area contributed by atoms with Gasteiger partial charge in [0.15, 0.2) is 0 Å². The number of hydrogen-bond acceptors (Lipinski definition) is 8. The second-order valence-corrected chi connectivity index (χ2v) is 12.2. The Morgan fingerprint density at radius 3 is 1.13 bits per heavy atom. The molecule has 0 aromatic carbocycles. The van der Waals surface area contributed by atoms with Gasteiger partial charge in [0, 0.05) is 37.4 Å². The maximum absolute atomic E-state index is 12.1. The summed E-state index contributed by atoms with van der Waals surface area (Å²) in [7, 11) is 2.88. The topological polar surface area (TPSA) is 185 Å². The number of carboxylic acids is 2. The molecule has 2 atom stereocenters. The van der Waals surface area contributed by atoms with Crippen molar-refractivity contribution in [3.05, 3.63) is 0 Å². The summed E-state index contributed by atoms with van der Waals surface area (Å²) in [6, 6.07) is -1.21. The third-order valence-corrected chi connectivity index (χ3v) is 8.46. The smallest absolute Gasteiger partial charge is 0.303 e. The van der Waals surface area contributed by atoms with E-state index in [4.69, 9.17) is 21.7 Å². The lowest BCUT2D eigenvalue weighted by molar-refractivity contribution is -0.138. The molecule has 2 amide bonds. The quantitative estimate of drug-likeness (QED) is 0.0620. The molecular formula is C26H50N4O6S2. The summed E-state index contributed by atoms with van der Waals surface area (Å²) in [5, 5.41) is 22.9. The van der Waals surface area contributed by atoms with E-state index < -0.39 is 24.0 Å². The van der Waals surface area contributed by atoms with Crippen LogP contribution in [0.5, 0.6) is 0 Å². The SMILES string of the molecule is NC(CSSCC(N)C(=O)NCCCCCCCCCC(=O)O)C(=O)NCCCCCCCCCC(=O)O. The Morgan fingerprint density at radius 2 is 0.816 bits per heavy atom. The van der Waals surface area contributed by atoms with Crippen LogP contribution in [0.2, 0.25) is 0 Å². The van der Waals surface area contributed by atoms with Crippen molar-refractivity contribution in [2.45, 2.75) is 115 Å². The maximum atomic E-state index is 12.1. The Hall–Kier alpha value is -1.50. The minimum absolute atomic E-state index is 0.172. The van der Waals surface area contributed by atoms with Crippen LogP contribution in [0.1, 0.15) is 103 Å². The van der Waals surface area contributed by atoms with Crippen molar-refractivity contribution in [3.8, 4) is 0 Å². The molecule has 12 heteroatoms. The van der Waals surface area contributed by atoms with Crippen LogP contribution in [0, 0.1) is 0 Å². The molecule has 0 bridgehead atoms. The van der Waals surface area contributed by atoms with Gasteiger partial charge in [0.1, 0.15) is 0 Å². The molecule has 38 heavy (non-hydrogen) atoms. The minimum Gasteiger partial charge on any atom is -0.481 e. The fourth-order valence-corrected chi connectivity index (χ4v) is 5.90. The number of carbonyl (C=O) groups is 4. The first-order valence-corrected chi connectivity index (χ1v) is 16.5. The molecule has 0 aromatic heterocycles. The molecule has 0 aliphatic rings. The van der Waals surface area contributed by atoms with E-state index in [0.717, 1.165) is 89.9 Å². The first-order valence-electron chi connectivity index (χ1n) is 14.0. The summed E-state index contributed by atoms with van der Waals surface area (Å²) >= 11 is 0. The van der Waals surface area contributed by atoms with E-state index in [1.807, 2.05) is 0 Å². The summed E-state index contributed by atoms with van der Waals surface area (Å²) in [5.41, 5.74) is 11.9. The highest BCUT2D eigenvalue weighted by molar-refractivity contribution is 8.76. The molecule has 10 nitrogen and oxygen atoms in total. The standard InChI is InChI=1S/C26H50N4O6S2/c27-21(25(35)29-17-13-9-5-1-3-7-11-15-23(31)32)19-37-38-20-22(28)26(36)30-18-14-10-6-2-4-8-12-16-24(33)34/h21-22H,1-20,27-28H2,(H,29,35)(H,30,36)(H,31,32)(H,33,34). The van der Waals surface area contributed by atoms with Gasteiger partial charge in [-0.2, -0.15) is 0 Å². The fourth-order valence-electron chi connectivity index (χ4n) is 3.65. The molecule has 0 heterocycles. The third kappa shape index (κ3) is 24.8. The highest BCUT2D eigenvalue weighted by atomic mass is 33.1. The summed E-state index contributed by atoms with van der Waals surface area (Å²) in [5.74, 6) is -0.931. The van der Waals surface area contributed by atoms with Gasteiger partial charge in [0.05, 0.1) is 12.1 Å². The molecule has 2 unspecified atom stereocenters. The van der Waals surface area contributed by atoms with E-state index in [0.29, 0.717) is 24.6 Å². The predicted molar refractivity (Wildman–Crippen MR) is 156 cm³/mol. The molecule has 0 saturated carbocycles. The number of amides is 2. The predicted octanol–water partition coefficient (Wildman–Crippen LogP) is 3.67. The zero-order valence-corrected chi connectivity index (χ0v) is 24.4. The lowest BCUT2D eigenvalue weighted by Crippen LogP contribution is -2.43. The molecule has 0 spiro atoms. The molecule has 0 saturated heterocycles. The molecule has 222 valence electrons. The molecule has 0 rings (SSSR count). The van der Waals surface area contributed by atoms with Crippen molar-refractivity contribution >= 4 is 45.3 Å². The van der Waals surface area contributed by atoms with Crippen molar-refractivity contribution in [1.82, 2.24) is 10.6 Å². The average Bonchev–Trinajstić information content (AvgIpc) is 2.87. The minimum atomic E-state index is -0.735. The first-order chi connectivity index (χ1) is 18.2. The zero-order valence-electron chi connectivity index (χ0n) is 22.8. The molecular weight excluding hydrogens is 528 g/mol. The van der Waals surface area contributed by atoms with Crippen LogP contribution < -0.4 is 22.1 Å². The second kappa shape index (κ2) is 25.8. The summed E-state index contributed by atoms with van der Waals surface area (Å²) < 4.78 is 0. The summed E-state index contributed by atoms with van der Waals surface area (Å²) in [4.78, 5) is 45.1. The highest BCUT2D eigenvalue weighted by Crippen LogP contribution is 2.22. The lowest BCUT2D eigenvalue weighted by Gasteiger charge is -2.14. The Kier molecular flexibility index (Phi) is 24.7. The van der Waals surface area contributed by atoms with Gasteiger partial charge in [0.2, 0.25) is 11.8 Å². The number of nitrogens with one attached hydrogen (secondary N) is 2. The third-order valence-electron chi connectivity index (χ3n) is 5.99. The van der Waals surface area contributed by atoms with Gasteiger partial charge in [0.25, 0.3) is 0 Å². The number of hydrogen-bond donors (Lipinski definition) is 6. The summed E-state index contributed by atoms with van der Waals surface area (Å²) in [6.07, 6.45) is 14.1. The van der Waals surface area contributed by atoms with Gasteiger partial charge in [-0.3, -0.25) is 19.2 Å². The molecule has 0 aliphatic heterocycles. The molecule has 0 radical (unpaired) electrons. The van der Waals surface area contributed by atoms with Crippen molar-refractivity contribution in [1.29, 1.82) is 0 Å². The second-order valence-electron chi connectivity index (χ2n) is 9.60. The van der Waals surface area contributed by atoms with Gasteiger partial charge in [-0.1, -0.05) is 85.8 Å². The maximum Gasteiger partial charge on any atom is 0.303 e. The van der Waals surface area contributed by atoms with Gasteiger partial charge >= 0.3 is 11.9 Å². The van der Waals surface area contributed by atoms with Crippen LogP contribution >= 0.6 is 21.6 Å². The van der Waals surface area contributed by atoms with Crippen LogP contribution in [-0.4, -0.2) is 70.6 Å². The highest BCUT2D eigenvalue weighted by Gasteiger charge is 2.16. The lowest BCUT2D eigenvalue weighted by atomic mass is 10.1. The largest absolute Gasteiger partial charge is 0.481 e. The van der Waals surface area contributed by atoms with E-state index in [9.17, 15) is 19.2 Å². The summed E-state index contributed by atoms with van der Waals surface area (Å²) in [6.45, 7) is 1.20. The number of carboxylic acid groups (broad SMARTS) is 2. The molecule has 0 fully saturated rings. The van der Waals surface area contributed by atoms with Gasteiger partial charge in [-0.25, -0.2) is 0 Å². The van der Waals surface area contributed by atoms with Gasteiger partial charge in [-0.05, 0) is 25.7 Å². The van der Waals surface area contributed by atoms with E-state index >= 15 is 0 Å². The van der Waals surface area contributed by atoms with Crippen molar-refractivity contribution in [2.24, 2.45) is 11.5 Å². The number of aliphatic carboxylic acids is 2. The number of carbonyl (C=O) groups excluding carboxylic acids is 2. The Bertz CT molecular complexity index is 603. The van der Waals surface area contributed by atoms with Crippen molar-refractivity contribution in [3.63, 3.8) is 0 Å². The van der Waals surface area contributed by atoms with Crippen LogP contribution in [0.4, 0.5) is 0 Å². The monoisotopic (exact) mass is 578 g/mol. The Labute approximate surface area is 236 Å². The zero-order chi connectivity index (χ0) is 28.4. The van der Waals surface area contributed by atoms with E-state index in [2.05, 4.69) is 10.6 Å². The number of nitrogens with two attached hydrogens (primary N) is 2. The molecule has 0 aliphatic carbocycles. The van der Waals surface area contributed by atoms with E-state index in [1.54, 1.807) is 0 Å². The van der Waals surface area contributed by atoms with Crippen LogP contribution in [0.3, 0.4) is 0 Å². The Balaban J connectivity index is 3.58. The van der Waals surface area contributed by atoms with Crippen molar-refractivity contribution in [2.75, 3.05) is 24.6 Å². The fraction of sp³-hybridized carbons (Fsp3) is 0.846. The van der Waals surface area contributed by atoms with Crippen LogP contribution in [0.15, 0.2) is 0 Å².